The van der Waals surface area contributed by atoms with Gasteiger partial charge < -0.3 is 4.74 Å². The predicted molar refractivity (Wildman–Crippen MR) is 65.2 cm³/mol. The number of carbonyl (C=O) groups is 1. The van der Waals surface area contributed by atoms with E-state index in [1.54, 1.807) is 0 Å². The number of pyridine rings is 1. The van der Waals surface area contributed by atoms with Crippen molar-refractivity contribution in [3.05, 3.63) is 17.8 Å². The minimum Gasteiger partial charge on any atom is -0.468 e. The fourth-order valence-corrected chi connectivity index (χ4v) is 3.08. The van der Waals surface area contributed by atoms with Crippen LogP contribution >= 0.6 is 23.1 Å². The smallest absolute Gasteiger partial charge is 0.417 e. The maximum Gasteiger partial charge on any atom is 0.417 e. The third-order valence-electron chi connectivity index (χ3n) is 2.10. The number of rotatable bonds is 3. The van der Waals surface area contributed by atoms with Crippen LogP contribution < -0.4 is 0 Å². The second-order valence-corrected chi connectivity index (χ2v) is 5.64. The Morgan fingerprint density at radius 2 is 2.26 bits per heavy atom. The van der Waals surface area contributed by atoms with E-state index in [9.17, 15) is 18.0 Å². The van der Waals surface area contributed by atoms with Crippen molar-refractivity contribution in [3.63, 3.8) is 0 Å². The van der Waals surface area contributed by atoms with Gasteiger partial charge in [-0.15, -0.1) is 11.3 Å². The van der Waals surface area contributed by atoms with Crippen LogP contribution in [0.3, 0.4) is 0 Å². The lowest BCUT2D eigenvalue weighted by molar-refractivity contribution is -0.138. The summed E-state index contributed by atoms with van der Waals surface area (Å²) in [7, 11) is 1.26. The molecule has 0 radical (unpaired) electrons. The lowest BCUT2D eigenvalue weighted by atomic mass is 10.3. The summed E-state index contributed by atoms with van der Waals surface area (Å²) in [5, 5.41) is 0. The van der Waals surface area contributed by atoms with Gasteiger partial charge in [0.1, 0.15) is 0 Å². The number of esters is 1. The van der Waals surface area contributed by atoms with Crippen molar-refractivity contribution in [1.29, 1.82) is 0 Å². The third-order valence-corrected chi connectivity index (χ3v) is 4.20. The van der Waals surface area contributed by atoms with Crippen molar-refractivity contribution in [2.24, 2.45) is 0 Å². The maximum atomic E-state index is 12.5. The van der Waals surface area contributed by atoms with E-state index < -0.39 is 17.7 Å². The van der Waals surface area contributed by atoms with Gasteiger partial charge in [-0.25, -0.2) is 9.97 Å². The van der Waals surface area contributed by atoms with Crippen LogP contribution in [0.5, 0.6) is 0 Å². The number of thiazole rings is 1. The highest BCUT2D eigenvalue weighted by Crippen LogP contribution is 2.34. The molecule has 102 valence electrons. The Morgan fingerprint density at radius 1 is 1.53 bits per heavy atom. The number of thioether (sulfide) groups is 1. The Bertz CT molecular complexity index is 612. The number of fused-ring (bicyclic) bond motifs is 1. The average Bonchev–Trinajstić information content (AvgIpc) is 2.76. The van der Waals surface area contributed by atoms with Crippen molar-refractivity contribution in [1.82, 2.24) is 9.97 Å². The molecule has 0 aliphatic heterocycles. The van der Waals surface area contributed by atoms with E-state index in [0.29, 0.717) is 9.04 Å². The number of carbonyl (C=O) groups excluding carboxylic acids is 1. The number of halogens is 3. The Kier molecular flexibility index (Phi) is 3.95. The average molecular weight is 308 g/mol. The minimum absolute atomic E-state index is 0.0580. The molecule has 2 rings (SSSR count). The maximum absolute atomic E-state index is 12.5. The van der Waals surface area contributed by atoms with Gasteiger partial charge in [-0.1, -0.05) is 11.8 Å². The van der Waals surface area contributed by atoms with Crippen LogP contribution in [-0.4, -0.2) is 28.8 Å². The fraction of sp³-hybridized carbons (Fsp3) is 0.300. The first-order valence-corrected chi connectivity index (χ1v) is 6.74. The molecule has 0 atom stereocenters. The first-order valence-electron chi connectivity index (χ1n) is 4.93. The zero-order valence-corrected chi connectivity index (χ0v) is 11.2. The molecule has 4 nitrogen and oxygen atoms in total. The quantitative estimate of drug-likeness (QED) is 0.644. The van der Waals surface area contributed by atoms with Gasteiger partial charge in [0.05, 0.1) is 23.1 Å². The zero-order valence-electron chi connectivity index (χ0n) is 9.52. The molecule has 0 N–H and O–H groups in total. The van der Waals surface area contributed by atoms with Crippen LogP contribution in [0.1, 0.15) is 5.56 Å². The zero-order chi connectivity index (χ0) is 14.0. The molecule has 0 fully saturated rings. The molecule has 0 aliphatic carbocycles. The molecule has 0 saturated heterocycles. The van der Waals surface area contributed by atoms with E-state index in [0.717, 1.165) is 35.4 Å². The number of alkyl halides is 3. The lowest BCUT2D eigenvalue weighted by Gasteiger charge is -2.04. The van der Waals surface area contributed by atoms with E-state index in [1.807, 2.05) is 0 Å². The van der Waals surface area contributed by atoms with Crippen LogP contribution in [-0.2, 0) is 15.7 Å². The molecule has 19 heavy (non-hydrogen) atoms. The van der Waals surface area contributed by atoms with E-state index in [1.165, 1.54) is 7.11 Å². The Morgan fingerprint density at radius 3 is 2.89 bits per heavy atom. The van der Waals surface area contributed by atoms with Gasteiger partial charge in [0.25, 0.3) is 0 Å². The van der Waals surface area contributed by atoms with Crippen molar-refractivity contribution in [2.45, 2.75) is 10.5 Å². The number of methoxy groups -OCH3 is 1. The summed E-state index contributed by atoms with van der Waals surface area (Å²) in [4.78, 5) is 18.7. The summed E-state index contributed by atoms with van der Waals surface area (Å²) in [5.74, 6) is -0.365. The van der Waals surface area contributed by atoms with Crippen molar-refractivity contribution in [3.8, 4) is 0 Å². The molecule has 0 aromatic carbocycles. The highest BCUT2D eigenvalue weighted by Gasteiger charge is 2.31. The van der Waals surface area contributed by atoms with Crippen LogP contribution in [0.2, 0.25) is 0 Å². The molecule has 0 amide bonds. The largest absolute Gasteiger partial charge is 0.468 e. The molecular weight excluding hydrogens is 301 g/mol. The number of hydrogen-bond donors (Lipinski definition) is 0. The van der Waals surface area contributed by atoms with E-state index >= 15 is 0 Å². The van der Waals surface area contributed by atoms with Gasteiger partial charge in [0.2, 0.25) is 0 Å². The SMILES string of the molecule is COC(=O)CSc1nc2ncc(C(F)(F)F)cc2s1. The Hall–Kier alpha value is -1.35. The molecule has 0 bridgehead atoms. The minimum atomic E-state index is -4.43. The van der Waals surface area contributed by atoms with E-state index in [4.69, 9.17) is 0 Å². The normalized spacial score (nSPS) is 11.8. The highest BCUT2D eigenvalue weighted by atomic mass is 32.2. The van der Waals surface area contributed by atoms with Crippen molar-refractivity contribution in [2.75, 3.05) is 12.9 Å². The molecule has 0 aliphatic rings. The summed E-state index contributed by atoms with van der Waals surface area (Å²) in [6.07, 6.45) is -3.68. The monoisotopic (exact) mass is 308 g/mol. The van der Waals surface area contributed by atoms with Crippen molar-refractivity contribution >= 4 is 39.4 Å². The summed E-state index contributed by atoms with van der Waals surface area (Å²) in [5.41, 5.74) is -0.571. The number of nitrogens with zero attached hydrogens (tertiary/aromatic N) is 2. The molecule has 2 aromatic rings. The van der Waals surface area contributed by atoms with E-state index in [2.05, 4.69) is 14.7 Å². The first-order chi connectivity index (χ1) is 8.90. The third kappa shape index (κ3) is 3.35. The van der Waals surface area contributed by atoms with Gasteiger partial charge in [0, 0.05) is 6.20 Å². The number of ether oxygens (including phenoxy) is 1. The molecule has 2 aromatic heterocycles. The molecule has 9 heteroatoms. The Balaban J connectivity index is 2.23. The van der Waals surface area contributed by atoms with Gasteiger partial charge in [-0.05, 0) is 6.07 Å². The lowest BCUT2D eigenvalue weighted by Crippen LogP contribution is -2.04. The molecule has 2 heterocycles. The number of hydrogen-bond acceptors (Lipinski definition) is 6. The van der Waals surface area contributed by atoms with Crippen LogP contribution in [0.4, 0.5) is 13.2 Å². The highest BCUT2D eigenvalue weighted by molar-refractivity contribution is 8.01. The van der Waals surface area contributed by atoms with Gasteiger partial charge in [0.15, 0.2) is 9.99 Å². The topological polar surface area (TPSA) is 52.1 Å². The summed E-state index contributed by atoms with van der Waals surface area (Å²) < 4.78 is 42.8. The van der Waals surface area contributed by atoms with Crippen LogP contribution in [0.15, 0.2) is 16.6 Å². The van der Waals surface area contributed by atoms with Gasteiger partial charge in [-0.2, -0.15) is 13.2 Å². The molecule has 0 spiro atoms. The second kappa shape index (κ2) is 5.33. The Labute approximate surface area is 114 Å². The molecule has 0 saturated carbocycles. The molecule has 0 unspecified atom stereocenters. The number of aromatic nitrogens is 2. The predicted octanol–water partition coefficient (Wildman–Crippen LogP) is 2.98. The molecular formula is C10H7F3N2O2S2. The summed E-state index contributed by atoms with van der Waals surface area (Å²) in [6.45, 7) is 0. The first kappa shape index (κ1) is 14.1. The summed E-state index contributed by atoms with van der Waals surface area (Å²) >= 11 is 2.17. The fourth-order valence-electron chi connectivity index (χ4n) is 1.20. The van der Waals surface area contributed by atoms with Crippen LogP contribution in [0, 0.1) is 0 Å². The van der Waals surface area contributed by atoms with Gasteiger partial charge in [-0.3, -0.25) is 4.79 Å². The summed E-state index contributed by atoms with van der Waals surface area (Å²) in [6, 6.07) is 1.00. The van der Waals surface area contributed by atoms with Crippen molar-refractivity contribution < 1.29 is 22.7 Å². The van der Waals surface area contributed by atoms with Crippen LogP contribution in [0.25, 0.3) is 10.3 Å². The van der Waals surface area contributed by atoms with E-state index in [-0.39, 0.29) is 11.4 Å². The van der Waals surface area contributed by atoms with Gasteiger partial charge >= 0.3 is 12.1 Å². The second-order valence-electron chi connectivity index (χ2n) is 3.39. The standard InChI is InChI=1S/C10H7F3N2O2S2/c1-17-7(16)4-18-9-15-8-6(19-9)2-5(3-14-8)10(11,12)13/h2-3H,4H2,1H3.